The molecule has 5 rings (SSSR count). The summed E-state index contributed by atoms with van der Waals surface area (Å²) in [6.45, 7) is 10.6. The quantitative estimate of drug-likeness (QED) is 0.794. The van der Waals surface area contributed by atoms with Crippen molar-refractivity contribution in [3.63, 3.8) is 0 Å². The number of rotatable bonds is 4. The van der Waals surface area contributed by atoms with Gasteiger partial charge >= 0.3 is 0 Å². The van der Waals surface area contributed by atoms with Crippen LogP contribution in [0.2, 0.25) is 0 Å². The molecule has 5 nitrogen and oxygen atoms in total. The zero-order valence-electron chi connectivity index (χ0n) is 17.9. The second kappa shape index (κ2) is 7.77. The number of amides is 1. The minimum absolute atomic E-state index is 0.194. The van der Waals surface area contributed by atoms with E-state index in [9.17, 15) is 4.79 Å². The van der Waals surface area contributed by atoms with Crippen molar-refractivity contribution >= 4 is 16.8 Å². The van der Waals surface area contributed by atoms with Crippen LogP contribution in [0, 0.1) is 0 Å². The molecule has 1 unspecified atom stereocenters. The van der Waals surface area contributed by atoms with Gasteiger partial charge in [-0.3, -0.25) is 14.6 Å². The minimum Gasteiger partial charge on any atom is -0.343 e. The average molecular weight is 395 g/mol. The Morgan fingerprint density at radius 1 is 0.966 bits per heavy atom. The Hall–Kier alpha value is -1.85. The van der Waals surface area contributed by atoms with E-state index in [0.29, 0.717) is 12.1 Å². The van der Waals surface area contributed by atoms with Crippen LogP contribution >= 0.6 is 0 Å². The number of hydrogen-bond acceptors (Lipinski definition) is 3. The molecule has 0 N–H and O–H groups in total. The average Bonchev–Trinajstić information content (AvgIpc) is 3.33. The van der Waals surface area contributed by atoms with Crippen molar-refractivity contribution in [1.29, 1.82) is 0 Å². The Kier molecular flexibility index (Phi) is 5.12. The summed E-state index contributed by atoms with van der Waals surface area (Å²) in [4.78, 5) is 20.3. The number of nitrogens with zero attached hydrogens (tertiary/aromatic N) is 4. The predicted octanol–water partition coefficient (Wildman–Crippen LogP) is 3.61. The molecule has 1 amide bonds. The normalized spacial score (nSPS) is 24.5. The molecule has 0 radical (unpaired) electrons. The van der Waals surface area contributed by atoms with Gasteiger partial charge in [0, 0.05) is 80.1 Å². The first kappa shape index (κ1) is 19.1. The SMILES string of the molecule is CC(C)N1CCC(n2ccc3cc(C(=O)N4CCN(C5CCC5)CC4)ccc32)C1. The van der Waals surface area contributed by atoms with Crippen LogP contribution in [-0.2, 0) is 0 Å². The maximum atomic E-state index is 13.1. The Morgan fingerprint density at radius 2 is 1.76 bits per heavy atom. The third-order valence-electron chi connectivity index (χ3n) is 7.48. The number of benzene rings is 1. The lowest BCUT2D eigenvalue weighted by Crippen LogP contribution is -2.53. The highest BCUT2D eigenvalue weighted by Crippen LogP contribution is 2.29. The number of likely N-dealkylation sites (tertiary alicyclic amines) is 1. The number of aromatic nitrogens is 1. The second-order valence-electron chi connectivity index (χ2n) is 9.44. The van der Waals surface area contributed by atoms with E-state index in [1.807, 2.05) is 11.0 Å². The Morgan fingerprint density at radius 3 is 2.41 bits per heavy atom. The number of piperazine rings is 1. The predicted molar refractivity (Wildman–Crippen MR) is 117 cm³/mol. The van der Waals surface area contributed by atoms with Crippen LogP contribution < -0.4 is 0 Å². The van der Waals surface area contributed by atoms with Gasteiger partial charge in [0.05, 0.1) is 0 Å². The maximum Gasteiger partial charge on any atom is 0.253 e. The van der Waals surface area contributed by atoms with E-state index >= 15 is 0 Å². The summed E-state index contributed by atoms with van der Waals surface area (Å²) in [5, 5.41) is 1.19. The molecule has 1 aliphatic carbocycles. The maximum absolute atomic E-state index is 13.1. The van der Waals surface area contributed by atoms with Gasteiger partial charge < -0.3 is 9.47 Å². The van der Waals surface area contributed by atoms with Crippen molar-refractivity contribution in [3.05, 3.63) is 36.0 Å². The van der Waals surface area contributed by atoms with Gasteiger partial charge in [-0.15, -0.1) is 0 Å². The third-order valence-corrected chi connectivity index (χ3v) is 7.48. The number of hydrogen-bond donors (Lipinski definition) is 0. The highest BCUT2D eigenvalue weighted by Gasteiger charge is 2.30. The largest absolute Gasteiger partial charge is 0.343 e. The first-order valence-corrected chi connectivity index (χ1v) is 11.5. The first-order valence-electron chi connectivity index (χ1n) is 11.5. The van der Waals surface area contributed by atoms with Crippen LogP contribution in [-0.4, -0.2) is 76.5 Å². The molecule has 2 aliphatic heterocycles. The monoisotopic (exact) mass is 394 g/mol. The number of carbonyl (C=O) groups is 1. The fourth-order valence-corrected chi connectivity index (χ4v) is 5.30. The van der Waals surface area contributed by atoms with Crippen molar-refractivity contribution in [3.8, 4) is 0 Å². The zero-order chi connectivity index (χ0) is 20.0. The van der Waals surface area contributed by atoms with Gasteiger partial charge in [-0.1, -0.05) is 6.42 Å². The van der Waals surface area contributed by atoms with Crippen molar-refractivity contribution in [2.24, 2.45) is 0 Å². The summed E-state index contributed by atoms with van der Waals surface area (Å²) in [5.41, 5.74) is 2.09. The van der Waals surface area contributed by atoms with E-state index in [2.05, 4.69) is 52.6 Å². The highest BCUT2D eigenvalue weighted by molar-refractivity contribution is 5.98. The summed E-state index contributed by atoms with van der Waals surface area (Å²) >= 11 is 0. The standard InChI is InChI=1S/C24H34N4O/c1-18(2)27-10-9-22(17-27)28-11-8-19-16-20(6-7-23(19)28)24(29)26-14-12-25(13-15-26)21-4-3-5-21/h6-8,11,16,18,21-22H,3-5,9-10,12-15,17H2,1-2H3. The zero-order valence-corrected chi connectivity index (χ0v) is 17.9. The topological polar surface area (TPSA) is 31.7 Å². The van der Waals surface area contributed by atoms with Crippen LogP contribution in [0.3, 0.4) is 0 Å². The van der Waals surface area contributed by atoms with Crippen LogP contribution in [0.4, 0.5) is 0 Å². The Labute approximate surface area is 174 Å². The molecule has 156 valence electrons. The van der Waals surface area contributed by atoms with Gasteiger partial charge in [-0.2, -0.15) is 0 Å². The van der Waals surface area contributed by atoms with E-state index < -0.39 is 0 Å². The van der Waals surface area contributed by atoms with Gasteiger partial charge in [0.1, 0.15) is 0 Å². The van der Waals surface area contributed by atoms with Crippen molar-refractivity contribution in [2.45, 2.75) is 57.7 Å². The third kappa shape index (κ3) is 3.59. The summed E-state index contributed by atoms with van der Waals surface area (Å²) in [5.74, 6) is 0.194. The van der Waals surface area contributed by atoms with E-state index in [-0.39, 0.29) is 5.91 Å². The minimum atomic E-state index is 0.194. The molecular formula is C24H34N4O. The van der Waals surface area contributed by atoms with Crippen molar-refractivity contribution < 1.29 is 4.79 Å². The van der Waals surface area contributed by atoms with Gasteiger partial charge in [0.2, 0.25) is 0 Å². The van der Waals surface area contributed by atoms with Crippen LogP contribution in [0.15, 0.2) is 30.5 Å². The van der Waals surface area contributed by atoms with E-state index in [1.165, 1.54) is 43.1 Å². The van der Waals surface area contributed by atoms with Gasteiger partial charge in [0.15, 0.2) is 0 Å². The highest BCUT2D eigenvalue weighted by atomic mass is 16.2. The lowest BCUT2D eigenvalue weighted by Gasteiger charge is -2.42. The van der Waals surface area contributed by atoms with E-state index in [0.717, 1.165) is 44.3 Å². The number of fused-ring (bicyclic) bond motifs is 1. The Balaban J connectivity index is 1.27. The van der Waals surface area contributed by atoms with Crippen LogP contribution in [0.5, 0.6) is 0 Å². The van der Waals surface area contributed by atoms with E-state index in [4.69, 9.17) is 0 Å². The number of carbonyl (C=O) groups excluding carboxylic acids is 1. The molecule has 3 heterocycles. The van der Waals surface area contributed by atoms with Crippen molar-refractivity contribution in [1.82, 2.24) is 19.3 Å². The van der Waals surface area contributed by atoms with Crippen LogP contribution in [0.25, 0.3) is 10.9 Å². The fourth-order valence-electron chi connectivity index (χ4n) is 5.30. The summed E-state index contributed by atoms with van der Waals surface area (Å²) in [6, 6.07) is 10.4. The van der Waals surface area contributed by atoms with Gasteiger partial charge in [-0.25, -0.2) is 0 Å². The second-order valence-corrected chi connectivity index (χ2v) is 9.44. The summed E-state index contributed by atoms with van der Waals surface area (Å²) in [6.07, 6.45) is 7.48. The molecule has 0 bridgehead atoms. The molecular weight excluding hydrogens is 360 g/mol. The molecule has 1 aromatic heterocycles. The first-order chi connectivity index (χ1) is 14.1. The van der Waals surface area contributed by atoms with Gasteiger partial charge in [-0.05, 0) is 57.4 Å². The molecule has 2 saturated heterocycles. The lowest BCUT2D eigenvalue weighted by molar-refractivity contribution is 0.0455. The molecule has 29 heavy (non-hydrogen) atoms. The smallest absolute Gasteiger partial charge is 0.253 e. The van der Waals surface area contributed by atoms with Crippen molar-refractivity contribution in [2.75, 3.05) is 39.3 Å². The summed E-state index contributed by atoms with van der Waals surface area (Å²) < 4.78 is 2.42. The fraction of sp³-hybridized carbons (Fsp3) is 0.625. The molecule has 3 aliphatic rings. The lowest BCUT2D eigenvalue weighted by atomic mass is 9.91. The van der Waals surface area contributed by atoms with Gasteiger partial charge in [0.25, 0.3) is 5.91 Å². The molecule has 2 aromatic rings. The molecule has 0 spiro atoms. The molecule has 1 saturated carbocycles. The van der Waals surface area contributed by atoms with E-state index in [1.54, 1.807) is 0 Å². The summed E-state index contributed by atoms with van der Waals surface area (Å²) in [7, 11) is 0. The molecule has 1 aromatic carbocycles. The molecule has 5 heteroatoms. The Bertz CT molecular complexity index is 876. The van der Waals surface area contributed by atoms with Crippen LogP contribution in [0.1, 0.15) is 55.9 Å². The molecule has 1 atom stereocenters. The molecule has 3 fully saturated rings.